The molecule has 1 amide bonds. The maximum Gasteiger partial charge on any atom is 0.260 e. The van der Waals surface area contributed by atoms with Gasteiger partial charge in [0.2, 0.25) is 0 Å². The Balaban J connectivity index is 2.26. The molecule has 0 spiro atoms. The molecule has 2 rings (SSSR count). The molecule has 94 valence electrons. The highest BCUT2D eigenvalue weighted by molar-refractivity contribution is 6.06. The minimum Gasteiger partial charge on any atom is -0.494 e. The van der Waals surface area contributed by atoms with Gasteiger partial charge in [0.25, 0.3) is 5.91 Å². The average molecular weight is 247 g/mol. The number of aromatic nitrogens is 1. The molecule has 0 saturated heterocycles. The van der Waals surface area contributed by atoms with E-state index in [2.05, 4.69) is 10.5 Å². The third-order valence-electron chi connectivity index (χ3n) is 2.36. The maximum absolute atomic E-state index is 12.0. The number of benzene rings is 1. The monoisotopic (exact) mass is 247 g/mol. The lowest BCUT2D eigenvalue weighted by molar-refractivity contribution is 0.102. The Morgan fingerprint density at radius 3 is 2.89 bits per heavy atom. The zero-order chi connectivity index (χ0) is 13.1. The molecular weight excluding hydrogens is 234 g/mol. The van der Waals surface area contributed by atoms with Crippen LogP contribution in [0.4, 0.5) is 11.5 Å². The van der Waals surface area contributed by atoms with Gasteiger partial charge in [-0.2, -0.15) is 0 Å². The van der Waals surface area contributed by atoms with Crippen LogP contribution in [0.1, 0.15) is 16.1 Å². The molecule has 0 aliphatic heterocycles. The number of para-hydroxylation sites is 1. The van der Waals surface area contributed by atoms with Crippen LogP contribution in [0.25, 0.3) is 0 Å². The minimum absolute atomic E-state index is 0.343. The number of anilines is 2. The second-order valence-electron chi connectivity index (χ2n) is 3.70. The molecule has 1 aromatic carbocycles. The third kappa shape index (κ3) is 2.27. The Kier molecular flexibility index (Phi) is 3.18. The summed E-state index contributed by atoms with van der Waals surface area (Å²) in [5.41, 5.74) is 6.48. The van der Waals surface area contributed by atoms with E-state index in [1.54, 1.807) is 31.2 Å². The predicted molar refractivity (Wildman–Crippen MR) is 66.6 cm³/mol. The van der Waals surface area contributed by atoms with Gasteiger partial charge in [-0.25, -0.2) is 0 Å². The number of hydrogen-bond donors (Lipinski definition) is 2. The molecule has 6 heteroatoms. The van der Waals surface area contributed by atoms with Gasteiger partial charge in [0.05, 0.1) is 18.4 Å². The number of methoxy groups -OCH3 is 1. The van der Waals surface area contributed by atoms with Gasteiger partial charge in [-0.1, -0.05) is 11.2 Å². The fourth-order valence-corrected chi connectivity index (χ4v) is 1.57. The summed E-state index contributed by atoms with van der Waals surface area (Å²) in [7, 11) is 1.46. The lowest BCUT2D eigenvalue weighted by Crippen LogP contribution is -2.14. The highest BCUT2D eigenvalue weighted by Gasteiger charge is 2.15. The molecule has 3 N–H and O–H groups in total. The molecule has 0 saturated carbocycles. The maximum atomic E-state index is 12.0. The molecule has 0 radical (unpaired) electrons. The summed E-state index contributed by atoms with van der Waals surface area (Å²) in [5, 5.41) is 6.28. The summed E-state index contributed by atoms with van der Waals surface area (Å²) >= 11 is 0. The Morgan fingerprint density at radius 2 is 2.28 bits per heavy atom. The molecular formula is C12H13N3O3. The molecule has 0 aliphatic carbocycles. The van der Waals surface area contributed by atoms with Gasteiger partial charge in [0, 0.05) is 6.07 Å². The zero-order valence-electron chi connectivity index (χ0n) is 10.1. The first kappa shape index (κ1) is 12.0. The molecule has 1 heterocycles. The fourth-order valence-electron chi connectivity index (χ4n) is 1.57. The number of aryl methyl sites for hydroxylation is 1. The van der Waals surface area contributed by atoms with Crippen LogP contribution in [-0.4, -0.2) is 18.2 Å². The largest absolute Gasteiger partial charge is 0.494 e. The van der Waals surface area contributed by atoms with Crippen molar-refractivity contribution < 1.29 is 14.1 Å². The van der Waals surface area contributed by atoms with Crippen molar-refractivity contribution in [2.75, 3.05) is 18.2 Å². The van der Waals surface area contributed by atoms with Crippen molar-refractivity contribution in [3.05, 3.63) is 35.6 Å². The molecule has 0 atom stereocenters. The van der Waals surface area contributed by atoms with Crippen LogP contribution in [0.3, 0.4) is 0 Å². The van der Waals surface area contributed by atoms with Crippen molar-refractivity contribution in [3.63, 3.8) is 0 Å². The van der Waals surface area contributed by atoms with Gasteiger partial charge < -0.3 is 20.3 Å². The molecule has 0 fully saturated rings. The smallest absolute Gasteiger partial charge is 0.260 e. The van der Waals surface area contributed by atoms with Gasteiger partial charge >= 0.3 is 0 Å². The number of carbonyl (C=O) groups excluding carboxylic acids is 1. The molecule has 18 heavy (non-hydrogen) atoms. The van der Waals surface area contributed by atoms with Crippen LogP contribution >= 0.6 is 0 Å². The number of nitrogens with two attached hydrogens (primary N) is 1. The zero-order valence-corrected chi connectivity index (χ0v) is 10.1. The summed E-state index contributed by atoms with van der Waals surface area (Å²) in [6, 6.07) is 6.59. The van der Waals surface area contributed by atoms with Crippen molar-refractivity contribution in [1.29, 1.82) is 0 Å². The molecule has 0 aliphatic rings. The van der Waals surface area contributed by atoms with E-state index < -0.39 is 0 Å². The summed E-state index contributed by atoms with van der Waals surface area (Å²) < 4.78 is 9.97. The van der Waals surface area contributed by atoms with Crippen LogP contribution in [0.5, 0.6) is 5.75 Å². The first-order valence-electron chi connectivity index (χ1n) is 5.29. The van der Waals surface area contributed by atoms with Crippen LogP contribution in [0.2, 0.25) is 0 Å². The average Bonchev–Trinajstić information content (AvgIpc) is 2.74. The van der Waals surface area contributed by atoms with Gasteiger partial charge in [0.1, 0.15) is 5.76 Å². The number of nitrogens with one attached hydrogen (secondary N) is 1. The van der Waals surface area contributed by atoms with Crippen LogP contribution in [0.15, 0.2) is 28.8 Å². The summed E-state index contributed by atoms with van der Waals surface area (Å²) in [4.78, 5) is 12.0. The Morgan fingerprint density at radius 1 is 1.50 bits per heavy atom. The van der Waals surface area contributed by atoms with Crippen LogP contribution < -0.4 is 15.8 Å². The van der Waals surface area contributed by atoms with E-state index in [0.717, 1.165) is 0 Å². The predicted octanol–water partition coefficient (Wildman–Crippen LogP) is 1.83. The number of nitrogen functional groups attached to an aromatic ring is 1. The fraction of sp³-hybridized carbons (Fsp3) is 0.167. The van der Waals surface area contributed by atoms with E-state index >= 15 is 0 Å². The number of nitrogens with zero attached hydrogens (tertiary/aromatic N) is 1. The van der Waals surface area contributed by atoms with Crippen molar-refractivity contribution in [3.8, 4) is 5.75 Å². The van der Waals surface area contributed by atoms with Gasteiger partial charge in [-0.3, -0.25) is 4.79 Å². The van der Waals surface area contributed by atoms with Crippen LogP contribution in [-0.2, 0) is 0 Å². The lowest BCUT2D eigenvalue weighted by Gasteiger charge is -2.09. The Hall–Kier alpha value is -2.50. The van der Waals surface area contributed by atoms with Crippen molar-refractivity contribution in [2.24, 2.45) is 0 Å². The number of rotatable bonds is 3. The number of ether oxygens (including phenoxy) is 1. The minimum atomic E-state index is -0.354. The number of hydrogen-bond acceptors (Lipinski definition) is 5. The molecule has 0 bridgehead atoms. The van der Waals surface area contributed by atoms with E-state index in [-0.39, 0.29) is 5.91 Å². The van der Waals surface area contributed by atoms with E-state index in [4.69, 9.17) is 15.0 Å². The number of amides is 1. The summed E-state index contributed by atoms with van der Waals surface area (Å²) in [5.74, 6) is 0.953. The van der Waals surface area contributed by atoms with Crippen molar-refractivity contribution in [2.45, 2.75) is 6.92 Å². The molecule has 1 aromatic heterocycles. The first-order valence-corrected chi connectivity index (χ1v) is 5.29. The highest BCUT2D eigenvalue weighted by Crippen LogP contribution is 2.26. The molecule has 2 aromatic rings. The van der Waals surface area contributed by atoms with E-state index in [1.165, 1.54) is 7.11 Å². The van der Waals surface area contributed by atoms with E-state index in [0.29, 0.717) is 28.6 Å². The van der Waals surface area contributed by atoms with E-state index in [1.807, 2.05) is 0 Å². The SMILES string of the molecule is COc1c(N)cccc1C(=O)Nc1cc(C)on1. The lowest BCUT2D eigenvalue weighted by atomic mass is 10.1. The van der Waals surface area contributed by atoms with Crippen molar-refractivity contribution in [1.82, 2.24) is 5.16 Å². The number of carbonyl (C=O) groups is 1. The quantitative estimate of drug-likeness (QED) is 0.807. The third-order valence-corrected chi connectivity index (χ3v) is 2.36. The van der Waals surface area contributed by atoms with E-state index in [9.17, 15) is 4.79 Å². The Bertz CT molecular complexity index is 578. The summed E-state index contributed by atoms with van der Waals surface area (Å²) in [6.07, 6.45) is 0. The standard InChI is InChI=1S/C12H13N3O3/c1-7-6-10(15-18-7)14-12(16)8-4-3-5-9(13)11(8)17-2/h3-6H,13H2,1-2H3,(H,14,15,16). The van der Waals surface area contributed by atoms with Gasteiger partial charge in [0.15, 0.2) is 11.6 Å². The highest BCUT2D eigenvalue weighted by atomic mass is 16.5. The van der Waals surface area contributed by atoms with Crippen molar-refractivity contribution >= 4 is 17.4 Å². The Labute approximate surface area is 104 Å². The first-order chi connectivity index (χ1) is 8.61. The second kappa shape index (κ2) is 4.79. The second-order valence-corrected chi connectivity index (χ2v) is 3.70. The molecule has 0 unspecified atom stereocenters. The van der Waals surface area contributed by atoms with Gasteiger partial charge in [-0.05, 0) is 19.1 Å². The normalized spacial score (nSPS) is 10.1. The van der Waals surface area contributed by atoms with Gasteiger partial charge in [-0.15, -0.1) is 0 Å². The topological polar surface area (TPSA) is 90.4 Å². The summed E-state index contributed by atoms with van der Waals surface area (Å²) in [6.45, 7) is 1.74. The molecule has 6 nitrogen and oxygen atoms in total. The van der Waals surface area contributed by atoms with Crippen LogP contribution in [0, 0.1) is 6.92 Å².